The van der Waals surface area contributed by atoms with Gasteiger partial charge >= 0.3 is 0 Å². The Balaban J connectivity index is 1.65. The predicted molar refractivity (Wildman–Crippen MR) is 72.9 cm³/mol. The van der Waals surface area contributed by atoms with Crippen LogP contribution in [0.25, 0.3) is 0 Å². The molecule has 2 heterocycles. The van der Waals surface area contributed by atoms with Gasteiger partial charge in [0.05, 0.1) is 23.9 Å². The van der Waals surface area contributed by atoms with Crippen molar-refractivity contribution in [2.75, 3.05) is 37.0 Å². The molecule has 2 fully saturated rings. The van der Waals surface area contributed by atoms with Gasteiger partial charge in [0.25, 0.3) is 0 Å². The maximum atomic E-state index is 11.6. The first-order valence-corrected chi connectivity index (χ1v) is 9.14. The van der Waals surface area contributed by atoms with E-state index in [0.29, 0.717) is 19.4 Å². The third-order valence-corrected chi connectivity index (χ3v) is 6.62. The van der Waals surface area contributed by atoms with Crippen LogP contribution >= 0.6 is 11.8 Å². The molecular formula is C11H19NO5S2. The summed E-state index contributed by atoms with van der Waals surface area (Å²) in [6.07, 6.45) is 1.15. The van der Waals surface area contributed by atoms with Gasteiger partial charge in [-0.2, -0.15) is 0 Å². The lowest BCUT2D eigenvalue weighted by molar-refractivity contribution is -0.119. The minimum Gasteiger partial charge on any atom is -0.386 e. The fourth-order valence-electron chi connectivity index (χ4n) is 2.14. The molecule has 110 valence electrons. The van der Waals surface area contributed by atoms with Crippen molar-refractivity contribution in [2.45, 2.75) is 23.7 Å². The number of sulfone groups is 1. The van der Waals surface area contributed by atoms with Gasteiger partial charge in [0.1, 0.15) is 5.60 Å². The highest BCUT2D eigenvalue weighted by atomic mass is 32.2. The molecule has 0 aromatic carbocycles. The Morgan fingerprint density at radius 1 is 1.53 bits per heavy atom. The zero-order valence-electron chi connectivity index (χ0n) is 10.6. The summed E-state index contributed by atoms with van der Waals surface area (Å²) in [5, 5.41) is 12.7. The molecule has 0 aromatic rings. The molecule has 2 aliphatic rings. The molecule has 2 atom stereocenters. The third kappa shape index (κ3) is 4.62. The lowest BCUT2D eigenvalue weighted by Crippen LogP contribution is -2.44. The van der Waals surface area contributed by atoms with E-state index in [1.54, 1.807) is 0 Å². The number of rotatable bonds is 5. The van der Waals surface area contributed by atoms with Gasteiger partial charge in [-0.25, -0.2) is 8.42 Å². The van der Waals surface area contributed by atoms with E-state index in [1.807, 2.05) is 0 Å². The van der Waals surface area contributed by atoms with E-state index in [-0.39, 0.29) is 41.6 Å². The van der Waals surface area contributed by atoms with E-state index in [2.05, 4.69) is 5.32 Å². The quantitative estimate of drug-likeness (QED) is 0.689. The van der Waals surface area contributed by atoms with Gasteiger partial charge in [0.2, 0.25) is 5.91 Å². The number of ether oxygens (including phenoxy) is 1. The fourth-order valence-corrected chi connectivity index (χ4v) is 5.61. The first kappa shape index (κ1) is 15.1. The molecule has 0 radical (unpaired) electrons. The Morgan fingerprint density at radius 2 is 2.32 bits per heavy atom. The summed E-state index contributed by atoms with van der Waals surface area (Å²) in [5.74, 6) is 0.457. The smallest absolute Gasteiger partial charge is 0.230 e. The van der Waals surface area contributed by atoms with E-state index < -0.39 is 15.4 Å². The van der Waals surface area contributed by atoms with Crippen LogP contribution in [0.5, 0.6) is 0 Å². The van der Waals surface area contributed by atoms with Crippen LogP contribution in [0.4, 0.5) is 0 Å². The van der Waals surface area contributed by atoms with Crippen molar-refractivity contribution in [3.8, 4) is 0 Å². The molecule has 0 aromatic heterocycles. The lowest BCUT2D eigenvalue weighted by Gasteiger charge is -2.20. The van der Waals surface area contributed by atoms with Crippen molar-refractivity contribution in [2.24, 2.45) is 0 Å². The summed E-state index contributed by atoms with van der Waals surface area (Å²) in [6, 6.07) is 0. The van der Waals surface area contributed by atoms with E-state index in [9.17, 15) is 18.3 Å². The van der Waals surface area contributed by atoms with Gasteiger partial charge in [-0.3, -0.25) is 4.79 Å². The number of hydrogen-bond donors (Lipinski definition) is 2. The maximum Gasteiger partial charge on any atom is 0.230 e. The van der Waals surface area contributed by atoms with Gasteiger partial charge in [-0.05, 0) is 6.42 Å². The van der Waals surface area contributed by atoms with Crippen LogP contribution in [-0.2, 0) is 19.4 Å². The highest BCUT2D eigenvalue weighted by Gasteiger charge is 2.33. The summed E-state index contributed by atoms with van der Waals surface area (Å²) < 4.78 is 27.6. The monoisotopic (exact) mass is 309 g/mol. The molecule has 0 aliphatic carbocycles. The molecule has 0 spiro atoms. The largest absolute Gasteiger partial charge is 0.386 e. The molecular weight excluding hydrogens is 290 g/mol. The van der Waals surface area contributed by atoms with Crippen LogP contribution in [0.2, 0.25) is 0 Å². The summed E-state index contributed by atoms with van der Waals surface area (Å²) in [7, 11) is -2.89. The Kier molecular flexibility index (Phi) is 4.75. The van der Waals surface area contributed by atoms with E-state index in [1.165, 1.54) is 11.8 Å². The average Bonchev–Trinajstić information content (AvgIpc) is 2.91. The van der Waals surface area contributed by atoms with Gasteiger partial charge in [0, 0.05) is 24.8 Å². The minimum atomic E-state index is -2.89. The molecule has 8 heteroatoms. The molecule has 2 N–H and O–H groups in total. The highest BCUT2D eigenvalue weighted by Crippen LogP contribution is 2.24. The second-order valence-corrected chi connectivity index (χ2v) is 8.66. The zero-order chi connectivity index (χ0) is 13.9. The van der Waals surface area contributed by atoms with Crippen LogP contribution in [0.3, 0.4) is 0 Å². The number of hydrogen-bond acceptors (Lipinski definition) is 6. The predicted octanol–water partition coefficient (Wildman–Crippen LogP) is -0.826. The molecule has 2 unspecified atom stereocenters. The Bertz CT molecular complexity index is 430. The van der Waals surface area contributed by atoms with Crippen molar-refractivity contribution in [1.29, 1.82) is 0 Å². The lowest BCUT2D eigenvalue weighted by atomic mass is 10.0. The van der Waals surface area contributed by atoms with E-state index in [4.69, 9.17) is 4.74 Å². The van der Waals surface area contributed by atoms with Crippen LogP contribution in [0, 0.1) is 0 Å². The molecule has 19 heavy (non-hydrogen) atoms. The number of nitrogens with one attached hydrogen (secondary N) is 1. The van der Waals surface area contributed by atoms with Crippen molar-refractivity contribution in [3.63, 3.8) is 0 Å². The van der Waals surface area contributed by atoms with Crippen LogP contribution < -0.4 is 5.32 Å². The summed E-state index contributed by atoms with van der Waals surface area (Å²) in [6.45, 7) is 0.956. The number of carbonyl (C=O) groups is 1. The zero-order valence-corrected chi connectivity index (χ0v) is 12.3. The first-order chi connectivity index (χ1) is 8.89. The third-order valence-electron chi connectivity index (χ3n) is 3.34. The maximum absolute atomic E-state index is 11.6. The highest BCUT2D eigenvalue weighted by molar-refractivity contribution is 8.02. The van der Waals surface area contributed by atoms with E-state index >= 15 is 0 Å². The van der Waals surface area contributed by atoms with Crippen molar-refractivity contribution >= 4 is 27.5 Å². The van der Waals surface area contributed by atoms with Gasteiger partial charge in [0.15, 0.2) is 9.84 Å². The molecule has 0 bridgehead atoms. The second-order valence-electron chi connectivity index (χ2n) is 5.14. The molecule has 0 saturated carbocycles. The number of thioether (sulfide) groups is 1. The standard InChI is InChI=1S/C11H19NO5S2/c13-10(12-7-11(14)2-3-17-8-11)5-18-9-1-4-19(15,16)6-9/h9,14H,1-8H2,(H,12,13). The van der Waals surface area contributed by atoms with Crippen LogP contribution in [0.15, 0.2) is 0 Å². The molecule has 2 aliphatic heterocycles. The van der Waals surface area contributed by atoms with Gasteiger partial charge in [-0.15, -0.1) is 11.8 Å². The van der Waals surface area contributed by atoms with Crippen LogP contribution in [0.1, 0.15) is 12.8 Å². The summed E-state index contributed by atoms with van der Waals surface area (Å²) in [5.41, 5.74) is -0.947. The second kappa shape index (κ2) is 5.99. The fraction of sp³-hybridized carbons (Fsp3) is 0.909. The first-order valence-electron chi connectivity index (χ1n) is 6.27. The number of aliphatic hydroxyl groups is 1. The minimum absolute atomic E-state index is 0.0219. The molecule has 6 nitrogen and oxygen atoms in total. The SMILES string of the molecule is O=C(CSC1CCS(=O)(=O)C1)NCC1(O)CCOC1. The Hall–Kier alpha value is -0.310. The molecule has 1 amide bonds. The van der Waals surface area contributed by atoms with Crippen molar-refractivity contribution in [1.82, 2.24) is 5.32 Å². The normalized spacial score (nSPS) is 33.4. The van der Waals surface area contributed by atoms with Gasteiger partial charge < -0.3 is 15.2 Å². The molecule has 2 saturated heterocycles. The Morgan fingerprint density at radius 3 is 2.89 bits per heavy atom. The van der Waals surface area contributed by atoms with Gasteiger partial charge in [-0.1, -0.05) is 0 Å². The Labute approximate surface area is 117 Å². The van der Waals surface area contributed by atoms with Crippen LogP contribution in [-0.4, -0.2) is 67.3 Å². The van der Waals surface area contributed by atoms with E-state index in [0.717, 1.165) is 0 Å². The van der Waals surface area contributed by atoms with Crippen molar-refractivity contribution < 1.29 is 23.1 Å². The molecule has 2 rings (SSSR count). The van der Waals surface area contributed by atoms with Crippen molar-refractivity contribution in [3.05, 3.63) is 0 Å². The topological polar surface area (TPSA) is 92.7 Å². The number of amides is 1. The number of carbonyl (C=O) groups excluding carboxylic acids is 1. The average molecular weight is 309 g/mol. The summed E-state index contributed by atoms with van der Waals surface area (Å²) >= 11 is 1.37. The summed E-state index contributed by atoms with van der Waals surface area (Å²) in [4.78, 5) is 11.6.